The monoisotopic (exact) mass is 625 g/mol. The van der Waals surface area contributed by atoms with Crippen molar-refractivity contribution in [3.63, 3.8) is 0 Å². The van der Waals surface area contributed by atoms with Gasteiger partial charge in [-0.3, -0.25) is 4.79 Å². The van der Waals surface area contributed by atoms with Crippen LogP contribution in [0.1, 0.15) is 0 Å². The van der Waals surface area contributed by atoms with Crippen molar-refractivity contribution in [2.45, 2.75) is 0 Å². The molecule has 0 spiro atoms. The fourth-order valence-corrected chi connectivity index (χ4v) is 3.78. The summed E-state index contributed by atoms with van der Waals surface area (Å²) < 4.78 is 22.5. The minimum Gasteiger partial charge on any atom is -0.457 e. The van der Waals surface area contributed by atoms with Crippen LogP contribution in [0.3, 0.4) is 0 Å². The first-order valence-corrected chi connectivity index (χ1v) is 14.5. The van der Waals surface area contributed by atoms with Crippen LogP contribution in [-0.2, 0) is 14.3 Å². The maximum Gasteiger partial charge on any atom is 0.249 e. The Hall–Kier alpha value is -5.53. The molecule has 2 N–H and O–H groups in total. The Kier molecular flexibility index (Phi) is 13.8. The van der Waals surface area contributed by atoms with Gasteiger partial charge in [-0.15, -0.1) is 0 Å². The minimum absolute atomic E-state index is 0.301. The fourth-order valence-electron chi connectivity index (χ4n) is 3.78. The van der Waals surface area contributed by atoms with Crippen molar-refractivity contribution in [3.05, 3.63) is 108 Å². The number of pyridine rings is 1. The van der Waals surface area contributed by atoms with E-state index in [0.29, 0.717) is 80.9 Å². The number of amides is 1. The van der Waals surface area contributed by atoms with Crippen LogP contribution < -0.4 is 20.1 Å². The van der Waals surface area contributed by atoms with Crippen LogP contribution in [-0.4, -0.2) is 78.9 Å². The van der Waals surface area contributed by atoms with Crippen molar-refractivity contribution in [1.82, 2.24) is 19.9 Å². The number of carbonyl (C=O) groups is 1. The highest BCUT2D eigenvalue weighted by Gasteiger charge is 2.06. The SMILES string of the molecule is CN(CC=CC(=O)Nc1cccc(Nc2cc(Oc3ccc(Oc4ccccc4)cc3)ncn2)n1)CCOCCOCCN=[N+]=[N-]. The fraction of sp³-hybridized carbons (Fsp3) is 0.250. The number of anilines is 3. The average Bonchev–Trinajstić information content (AvgIpc) is 3.06. The number of para-hydroxylation sites is 1. The van der Waals surface area contributed by atoms with Gasteiger partial charge in [0.05, 0.1) is 26.4 Å². The molecule has 1 amide bonds. The summed E-state index contributed by atoms with van der Waals surface area (Å²) in [6.07, 6.45) is 4.61. The zero-order valence-electron chi connectivity index (χ0n) is 25.4. The molecule has 0 radical (unpaired) electrons. The maximum absolute atomic E-state index is 12.4. The molecular weight excluding hydrogens is 590 g/mol. The Morgan fingerprint density at radius 1 is 0.870 bits per heavy atom. The molecule has 0 saturated heterocycles. The minimum atomic E-state index is -0.301. The van der Waals surface area contributed by atoms with Gasteiger partial charge < -0.3 is 34.5 Å². The normalized spacial score (nSPS) is 10.8. The van der Waals surface area contributed by atoms with Crippen LogP contribution in [0.25, 0.3) is 10.4 Å². The lowest BCUT2D eigenvalue weighted by Gasteiger charge is -2.14. The molecule has 0 unspecified atom stereocenters. The number of rotatable bonds is 19. The van der Waals surface area contributed by atoms with Crippen LogP contribution >= 0.6 is 0 Å². The summed E-state index contributed by atoms with van der Waals surface area (Å²) in [6.45, 7) is 3.35. The number of benzene rings is 2. The summed E-state index contributed by atoms with van der Waals surface area (Å²) in [5.41, 5.74) is 8.21. The smallest absolute Gasteiger partial charge is 0.249 e. The number of azide groups is 1. The Labute approximate surface area is 266 Å². The second-order valence-electron chi connectivity index (χ2n) is 9.60. The number of hydrogen-bond acceptors (Lipinski definition) is 11. The number of likely N-dealkylation sites (N-methyl/N-ethyl adjacent to an activating group) is 1. The lowest BCUT2D eigenvalue weighted by atomic mass is 10.3. The molecule has 0 aliphatic rings. The Morgan fingerprint density at radius 3 is 2.37 bits per heavy atom. The molecule has 14 heteroatoms. The molecule has 14 nitrogen and oxygen atoms in total. The predicted octanol–water partition coefficient (Wildman–Crippen LogP) is 5.97. The van der Waals surface area contributed by atoms with Gasteiger partial charge in [0.25, 0.3) is 0 Å². The van der Waals surface area contributed by atoms with E-state index in [1.165, 1.54) is 12.4 Å². The summed E-state index contributed by atoms with van der Waals surface area (Å²) in [5, 5.41) is 9.26. The van der Waals surface area contributed by atoms with Crippen LogP contribution in [0.15, 0.2) is 102 Å². The van der Waals surface area contributed by atoms with E-state index in [9.17, 15) is 4.79 Å². The molecule has 2 heterocycles. The number of carbonyl (C=O) groups excluding carboxylic acids is 1. The largest absolute Gasteiger partial charge is 0.457 e. The van der Waals surface area contributed by atoms with E-state index in [1.807, 2.05) is 54.4 Å². The maximum atomic E-state index is 12.4. The molecule has 2 aromatic heterocycles. The average molecular weight is 626 g/mol. The Morgan fingerprint density at radius 2 is 1.59 bits per heavy atom. The molecular formula is C32H35N9O5. The molecule has 46 heavy (non-hydrogen) atoms. The van der Waals surface area contributed by atoms with E-state index >= 15 is 0 Å². The van der Waals surface area contributed by atoms with Gasteiger partial charge >= 0.3 is 0 Å². The molecule has 0 aliphatic carbocycles. The lowest BCUT2D eigenvalue weighted by Crippen LogP contribution is -2.24. The molecule has 0 bridgehead atoms. The van der Waals surface area contributed by atoms with E-state index < -0.39 is 0 Å². The molecule has 0 atom stereocenters. The molecule has 4 rings (SSSR count). The van der Waals surface area contributed by atoms with E-state index in [2.05, 4.69) is 35.6 Å². The molecule has 238 valence electrons. The number of nitrogens with one attached hydrogen (secondary N) is 2. The number of hydrogen-bond donors (Lipinski definition) is 2. The van der Waals surface area contributed by atoms with Gasteiger partial charge in [0, 0.05) is 36.7 Å². The summed E-state index contributed by atoms with van der Waals surface area (Å²) in [5.74, 6) is 3.39. The van der Waals surface area contributed by atoms with Crippen molar-refractivity contribution >= 4 is 23.4 Å². The molecule has 4 aromatic rings. The van der Waals surface area contributed by atoms with Crippen LogP contribution in [0.2, 0.25) is 0 Å². The quantitative estimate of drug-likeness (QED) is 0.0416. The van der Waals surface area contributed by atoms with Crippen molar-refractivity contribution in [2.24, 2.45) is 5.11 Å². The Bertz CT molecular complexity index is 1580. The standard InChI is InChI=1S/C32H35N9O5/c1-41(18-20-44-22-21-43-19-16-36-40-33)17-6-11-31(42)39-29-10-5-9-28(37-29)38-30-23-32(35-24-34-30)46-27-14-12-26(13-15-27)45-25-7-3-2-4-8-25/h2-15,23-24H,16-22H2,1H3,(H2,34,35,37,38,39,42). The third kappa shape index (κ3) is 12.6. The van der Waals surface area contributed by atoms with Gasteiger partial charge in [0.1, 0.15) is 41.0 Å². The van der Waals surface area contributed by atoms with E-state index in [4.69, 9.17) is 24.5 Å². The first-order chi connectivity index (χ1) is 22.6. The van der Waals surface area contributed by atoms with Crippen molar-refractivity contribution < 1.29 is 23.7 Å². The molecule has 0 aliphatic heterocycles. The third-order valence-electron chi connectivity index (χ3n) is 6.00. The third-order valence-corrected chi connectivity index (χ3v) is 6.00. The zero-order chi connectivity index (χ0) is 32.2. The highest BCUT2D eigenvalue weighted by atomic mass is 16.5. The van der Waals surface area contributed by atoms with Crippen molar-refractivity contribution in [3.8, 4) is 23.1 Å². The van der Waals surface area contributed by atoms with Crippen LogP contribution in [0.5, 0.6) is 23.1 Å². The summed E-state index contributed by atoms with van der Waals surface area (Å²) in [4.78, 5) is 30.0. The van der Waals surface area contributed by atoms with Gasteiger partial charge in [-0.25, -0.2) is 15.0 Å². The topological polar surface area (TPSA) is 169 Å². The Balaban J connectivity index is 1.18. The second-order valence-corrected chi connectivity index (χ2v) is 9.60. The van der Waals surface area contributed by atoms with Crippen molar-refractivity contribution in [2.75, 3.05) is 63.7 Å². The molecule has 2 aromatic carbocycles. The van der Waals surface area contributed by atoms with Crippen molar-refractivity contribution in [1.29, 1.82) is 0 Å². The van der Waals surface area contributed by atoms with Crippen LogP contribution in [0, 0.1) is 0 Å². The first-order valence-electron chi connectivity index (χ1n) is 14.5. The second kappa shape index (κ2) is 19.0. The van der Waals surface area contributed by atoms with E-state index in [1.54, 1.807) is 42.5 Å². The predicted molar refractivity (Wildman–Crippen MR) is 174 cm³/mol. The first kappa shape index (κ1) is 33.4. The molecule has 0 saturated carbocycles. The number of nitrogens with zero attached hydrogens (tertiary/aromatic N) is 7. The van der Waals surface area contributed by atoms with Crippen LogP contribution in [0.4, 0.5) is 17.5 Å². The summed E-state index contributed by atoms with van der Waals surface area (Å²) in [6, 6.07) is 23.6. The molecule has 0 fully saturated rings. The zero-order valence-corrected chi connectivity index (χ0v) is 25.4. The van der Waals surface area contributed by atoms with Gasteiger partial charge in [0.15, 0.2) is 0 Å². The number of ether oxygens (including phenoxy) is 4. The number of aromatic nitrogens is 3. The van der Waals surface area contributed by atoms with Gasteiger partial charge in [-0.1, -0.05) is 35.5 Å². The van der Waals surface area contributed by atoms with E-state index in [0.717, 1.165) is 5.75 Å². The summed E-state index contributed by atoms with van der Waals surface area (Å²) >= 11 is 0. The highest BCUT2D eigenvalue weighted by Crippen LogP contribution is 2.27. The van der Waals surface area contributed by atoms with E-state index in [-0.39, 0.29) is 5.91 Å². The highest BCUT2D eigenvalue weighted by molar-refractivity contribution is 5.98. The van der Waals surface area contributed by atoms with Gasteiger partial charge in [-0.05, 0) is 61.1 Å². The van der Waals surface area contributed by atoms with Gasteiger partial charge in [0.2, 0.25) is 11.8 Å². The lowest BCUT2D eigenvalue weighted by molar-refractivity contribution is -0.111. The van der Waals surface area contributed by atoms with Gasteiger partial charge in [-0.2, -0.15) is 0 Å². The summed E-state index contributed by atoms with van der Waals surface area (Å²) in [7, 11) is 1.93.